The summed E-state index contributed by atoms with van der Waals surface area (Å²) in [5.41, 5.74) is 0.808. The van der Waals surface area contributed by atoms with Crippen LogP contribution in [0.25, 0.3) is 0 Å². The molecule has 0 spiro atoms. The zero-order valence-electron chi connectivity index (χ0n) is 17.1. The molecule has 0 unspecified atom stereocenters. The van der Waals surface area contributed by atoms with Crippen LogP contribution in [-0.2, 0) is 26.8 Å². The highest BCUT2D eigenvalue weighted by atomic mass is 16.5. The summed E-state index contributed by atoms with van der Waals surface area (Å²) in [5.74, 6) is 0.393. The number of ether oxygens (including phenoxy) is 1. The normalized spacial score (nSPS) is 11.5. The highest BCUT2D eigenvalue weighted by molar-refractivity contribution is 5.94. The number of anilines is 1. The van der Waals surface area contributed by atoms with Gasteiger partial charge < -0.3 is 15.0 Å². The number of amides is 2. The second-order valence-corrected chi connectivity index (χ2v) is 7.60. The minimum absolute atomic E-state index is 0.00830. The molecule has 26 heavy (non-hydrogen) atoms. The third-order valence-electron chi connectivity index (χ3n) is 4.16. The van der Waals surface area contributed by atoms with E-state index in [2.05, 4.69) is 38.1 Å². The largest absolute Gasteiger partial charge is 0.383 e. The SMILES string of the molecule is CCCCCC(=O)N(CCOC)CC(=O)Nc1cc(C(C)(C)C)nn1C. The minimum atomic E-state index is -0.228. The number of unbranched alkanes of at least 4 members (excludes halogenated alkanes) is 2. The summed E-state index contributed by atoms with van der Waals surface area (Å²) in [6, 6.07) is 1.88. The number of aryl methyl sites for hydroxylation is 1. The van der Waals surface area contributed by atoms with Crippen molar-refractivity contribution in [2.75, 3.05) is 32.1 Å². The number of rotatable bonds is 10. The van der Waals surface area contributed by atoms with Crippen molar-refractivity contribution in [2.24, 2.45) is 7.05 Å². The fraction of sp³-hybridized carbons (Fsp3) is 0.737. The highest BCUT2D eigenvalue weighted by Gasteiger charge is 2.21. The number of aromatic nitrogens is 2. The highest BCUT2D eigenvalue weighted by Crippen LogP contribution is 2.23. The van der Waals surface area contributed by atoms with Crippen LogP contribution in [0, 0.1) is 0 Å². The minimum Gasteiger partial charge on any atom is -0.383 e. The van der Waals surface area contributed by atoms with E-state index in [1.54, 1.807) is 23.7 Å². The Morgan fingerprint density at radius 1 is 1.31 bits per heavy atom. The third-order valence-corrected chi connectivity index (χ3v) is 4.16. The molecule has 1 N–H and O–H groups in total. The van der Waals surface area contributed by atoms with Gasteiger partial charge in [0.25, 0.3) is 0 Å². The molecule has 7 heteroatoms. The predicted molar refractivity (Wildman–Crippen MR) is 103 cm³/mol. The Morgan fingerprint density at radius 2 is 2.00 bits per heavy atom. The Balaban J connectivity index is 2.71. The lowest BCUT2D eigenvalue weighted by Crippen LogP contribution is -2.40. The smallest absolute Gasteiger partial charge is 0.245 e. The van der Waals surface area contributed by atoms with E-state index in [0.717, 1.165) is 25.0 Å². The Kier molecular flexibility index (Phi) is 8.78. The average Bonchev–Trinajstić information content (AvgIpc) is 2.92. The molecule has 1 aromatic heterocycles. The van der Waals surface area contributed by atoms with Gasteiger partial charge >= 0.3 is 0 Å². The third kappa shape index (κ3) is 7.15. The molecule has 0 aromatic carbocycles. The Bertz CT molecular complexity index is 590. The summed E-state index contributed by atoms with van der Waals surface area (Å²) >= 11 is 0. The van der Waals surface area contributed by atoms with Crippen molar-refractivity contribution >= 4 is 17.6 Å². The van der Waals surface area contributed by atoms with Crippen LogP contribution in [0.2, 0.25) is 0 Å². The molecule has 0 bridgehead atoms. The summed E-state index contributed by atoms with van der Waals surface area (Å²) in [7, 11) is 3.38. The molecule has 0 aliphatic rings. The van der Waals surface area contributed by atoms with E-state index >= 15 is 0 Å². The van der Waals surface area contributed by atoms with Crippen LogP contribution in [0.1, 0.15) is 59.1 Å². The molecular formula is C19H34N4O3. The van der Waals surface area contributed by atoms with Gasteiger partial charge in [0.15, 0.2) is 0 Å². The Hall–Kier alpha value is -1.89. The topological polar surface area (TPSA) is 76.5 Å². The van der Waals surface area contributed by atoms with E-state index in [1.165, 1.54) is 0 Å². The molecule has 148 valence electrons. The maximum absolute atomic E-state index is 12.4. The zero-order valence-corrected chi connectivity index (χ0v) is 17.1. The predicted octanol–water partition coefficient (Wildman–Crippen LogP) is 2.71. The number of hydrogen-bond acceptors (Lipinski definition) is 4. The van der Waals surface area contributed by atoms with Gasteiger partial charge in [0.2, 0.25) is 11.8 Å². The number of nitrogens with one attached hydrogen (secondary N) is 1. The molecule has 0 atom stereocenters. The van der Waals surface area contributed by atoms with Crippen LogP contribution < -0.4 is 5.32 Å². The maximum atomic E-state index is 12.4. The first-order chi connectivity index (χ1) is 12.2. The van der Waals surface area contributed by atoms with E-state index in [9.17, 15) is 9.59 Å². The summed E-state index contributed by atoms with van der Waals surface area (Å²) < 4.78 is 6.72. The van der Waals surface area contributed by atoms with Gasteiger partial charge in [0, 0.05) is 38.6 Å². The van der Waals surface area contributed by atoms with Crippen molar-refractivity contribution in [1.82, 2.24) is 14.7 Å². The van der Waals surface area contributed by atoms with Gasteiger partial charge in [-0.15, -0.1) is 0 Å². The molecule has 7 nitrogen and oxygen atoms in total. The number of nitrogens with zero attached hydrogens (tertiary/aromatic N) is 3. The van der Waals surface area contributed by atoms with Crippen molar-refractivity contribution in [1.29, 1.82) is 0 Å². The van der Waals surface area contributed by atoms with Gasteiger partial charge in [0.05, 0.1) is 18.8 Å². The van der Waals surface area contributed by atoms with Crippen LogP contribution in [-0.4, -0.2) is 53.3 Å². The van der Waals surface area contributed by atoms with Crippen molar-refractivity contribution in [3.05, 3.63) is 11.8 Å². The first-order valence-electron chi connectivity index (χ1n) is 9.30. The summed E-state index contributed by atoms with van der Waals surface area (Å²) in [6.45, 7) is 9.15. The zero-order chi connectivity index (χ0) is 19.7. The van der Waals surface area contributed by atoms with Crippen LogP contribution in [0.15, 0.2) is 6.07 Å². The van der Waals surface area contributed by atoms with E-state index in [4.69, 9.17) is 4.74 Å². The molecular weight excluding hydrogens is 332 g/mol. The van der Waals surface area contributed by atoms with Crippen molar-refractivity contribution in [2.45, 2.75) is 58.8 Å². The van der Waals surface area contributed by atoms with Crippen molar-refractivity contribution < 1.29 is 14.3 Å². The van der Waals surface area contributed by atoms with Crippen LogP contribution in [0.5, 0.6) is 0 Å². The quantitative estimate of drug-likeness (QED) is 0.646. The number of hydrogen-bond donors (Lipinski definition) is 1. The van der Waals surface area contributed by atoms with Gasteiger partial charge in [-0.3, -0.25) is 14.3 Å². The van der Waals surface area contributed by atoms with Crippen molar-refractivity contribution in [3.8, 4) is 0 Å². The van der Waals surface area contributed by atoms with Crippen LogP contribution >= 0.6 is 0 Å². The summed E-state index contributed by atoms with van der Waals surface area (Å²) in [4.78, 5) is 26.4. The first-order valence-corrected chi connectivity index (χ1v) is 9.30. The molecule has 0 saturated carbocycles. The van der Waals surface area contributed by atoms with E-state index in [-0.39, 0.29) is 23.8 Å². The number of methoxy groups -OCH3 is 1. The maximum Gasteiger partial charge on any atom is 0.245 e. The molecule has 0 aliphatic carbocycles. The van der Waals surface area contributed by atoms with E-state index < -0.39 is 0 Å². The lowest BCUT2D eigenvalue weighted by molar-refractivity contribution is -0.135. The van der Waals surface area contributed by atoms with E-state index in [0.29, 0.717) is 25.4 Å². The second kappa shape index (κ2) is 10.3. The standard InChI is InChI=1S/C19H34N4O3/c1-7-8-9-10-18(25)23(11-12-26-6)14-17(24)20-16-13-15(19(2,3)4)21-22(16)5/h13H,7-12,14H2,1-6H3,(H,20,24). The van der Waals surface area contributed by atoms with Gasteiger partial charge in [-0.05, 0) is 6.42 Å². The van der Waals surface area contributed by atoms with E-state index in [1.807, 2.05) is 6.07 Å². The van der Waals surface area contributed by atoms with Gasteiger partial charge in [-0.1, -0.05) is 40.5 Å². The Labute approximate surface area is 157 Å². The lowest BCUT2D eigenvalue weighted by Gasteiger charge is -2.22. The Morgan fingerprint density at radius 3 is 2.54 bits per heavy atom. The van der Waals surface area contributed by atoms with Gasteiger partial charge in [0.1, 0.15) is 5.82 Å². The number of carbonyl (C=O) groups excluding carboxylic acids is 2. The molecule has 0 fully saturated rings. The molecule has 1 heterocycles. The fourth-order valence-corrected chi connectivity index (χ4v) is 2.48. The van der Waals surface area contributed by atoms with Gasteiger partial charge in [-0.25, -0.2) is 0 Å². The summed E-state index contributed by atoms with van der Waals surface area (Å²) in [5, 5.41) is 7.31. The lowest BCUT2D eigenvalue weighted by atomic mass is 9.92. The number of carbonyl (C=O) groups is 2. The molecule has 1 aromatic rings. The van der Waals surface area contributed by atoms with Crippen LogP contribution in [0.3, 0.4) is 0 Å². The molecule has 0 aliphatic heterocycles. The van der Waals surface area contributed by atoms with Crippen LogP contribution in [0.4, 0.5) is 5.82 Å². The second-order valence-electron chi connectivity index (χ2n) is 7.60. The van der Waals surface area contributed by atoms with Crippen molar-refractivity contribution in [3.63, 3.8) is 0 Å². The molecule has 0 radical (unpaired) electrons. The average molecular weight is 367 g/mol. The molecule has 0 saturated heterocycles. The summed E-state index contributed by atoms with van der Waals surface area (Å²) in [6.07, 6.45) is 3.38. The fourth-order valence-electron chi connectivity index (χ4n) is 2.48. The monoisotopic (exact) mass is 366 g/mol. The molecule has 2 amide bonds. The molecule has 1 rings (SSSR count). The van der Waals surface area contributed by atoms with Gasteiger partial charge in [-0.2, -0.15) is 5.10 Å². The first kappa shape index (κ1) is 22.2.